The van der Waals surface area contributed by atoms with E-state index in [0.717, 1.165) is 6.26 Å². The van der Waals surface area contributed by atoms with Crippen molar-refractivity contribution >= 4 is 21.3 Å². The number of nitrogens with two attached hydrogens (primary N) is 1. The first kappa shape index (κ1) is 10.7. The monoisotopic (exact) mass is 213 g/mol. The molecule has 0 saturated carbocycles. The van der Waals surface area contributed by atoms with E-state index in [2.05, 4.69) is 0 Å². The Hall–Kier alpha value is -1.36. The lowest BCUT2D eigenvalue weighted by Crippen LogP contribution is -2.14. The fourth-order valence-corrected chi connectivity index (χ4v) is 1.68. The van der Waals surface area contributed by atoms with Crippen molar-refractivity contribution in [1.29, 1.82) is 0 Å². The van der Waals surface area contributed by atoms with Gasteiger partial charge in [0.15, 0.2) is 15.6 Å². The molecule has 1 aromatic rings. The van der Waals surface area contributed by atoms with Crippen molar-refractivity contribution < 1.29 is 13.2 Å². The quantitative estimate of drug-likeness (QED) is 0.585. The second-order valence-electron chi connectivity index (χ2n) is 3.12. The summed E-state index contributed by atoms with van der Waals surface area (Å²) in [5.74, 6) is -0.906. The van der Waals surface area contributed by atoms with Gasteiger partial charge in [0.1, 0.15) is 5.75 Å². The third-order valence-corrected chi connectivity index (χ3v) is 2.39. The highest BCUT2D eigenvalue weighted by Gasteiger charge is 2.12. The van der Waals surface area contributed by atoms with E-state index in [-0.39, 0.29) is 0 Å². The molecule has 4 nitrogen and oxygen atoms in total. The minimum atomic E-state index is -3.27. The number of ketones is 1. The van der Waals surface area contributed by atoms with Crippen molar-refractivity contribution in [1.82, 2.24) is 0 Å². The molecule has 0 saturated heterocycles. The molecule has 76 valence electrons. The molecule has 0 aliphatic heterocycles. The van der Waals surface area contributed by atoms with Crippen LogP contribution < -0.4 is 5.73 Å². The van der Waals surface area contributed by atoms with Crippen molar-refractivity contribution in [2.75, 3.05) is 17.7 Å². The predicted molar refractivity (Wildman–Crippen MR) is 54.9 cm³/mol. The minimum Gasteiger partial charge on any atom is -0.399 e. The average Bonchev–Trinajstić information content (AvgIpc) is 2.01. The first-order valence-electron chi connectivity index (χ1n) is 3.95. The maximum atomic E-state index is 11.4. The molecule has 0 fully saturated rings. The summed E-state index contributed by atoms with van der Waals surface area (Å²) in [6.07, 6.45) is 1.02. The van der Waals surface area contributed by atoms with E-state index in [1.807, 2.05) is 0 Å². The summed E-state index contributed by atoms with van der Waals surface area (Å²) < 4.78 is 21.7. The smallest absolute Gasteiger partial charge is 0.177 e. The highest BCUT2D eigenvalue weighted by molar-refractivity contribution is 7.91. The van der Waals surface area contributed by atoms with Gasteiger partial charge in [-0.1, -0.05) is 12.1 Å². The molecule has 0 unspecified atom stereocenters. The third kappa shape index (κ3) is 3.18. The number of anilines is 1. The fraction of sp³-hybridized carbons (Fsp3) is 0.222. The molecule has 0 aromatic heterocycles. The van der Waals surface area contributed by atoms with Crippen LogP contribution in [0.15, 0.2) is 24.3 Å². The van der Waals surface area contributed by atoms with E-state index in [9.17, 15) is 13.2 Å². The van der Waals surface area contributed by atoms with Crippen LogP contribution in [0.2, 0.25) is 0 Å². The van der Waals surface area contributed by atoms with Crippen molar-refractivity contribution in [2.45, 2.75) is 0 Å². The molecule has 0 heterocycles. The standard InChI is InChI=1S/C9H11NO3S/c1-14(12,13)6-9(11)7-3-2-4-8(10)5-7/h2-5H,6,10H2,1H3. The fourth-order valence-electron chi connectivity index (χ4n) is 1.03. The third-order valence-electron chi connectivity index (χ3n) is 1.60. The van der Waals surface area contributed by atoms with Gasteiger partial charge in [0.2, 0.25) is 0 Å². The molecule has 0 atom stereocenters. The Bertz CT molecular complexity index is 451. The van der Waals surface area contributed by atoms with Crippen molar-refractivity contribution in [3.05, 3.63) is 29.8 Å². The van der Waals surface area contributed by atoms with Crippen LogP contribution in [0.1, 0.15) is 10.4 Å². The van der Waals surface area contributed by atoms with Crippen LogP contribution in [0.3, 0.4) is 0 Å². The Morgan fingerprint density at radius 3 is 2.57 bits per heavy atom. The van der Waals surface area contributed by atoms with Gasteiger partial charge >= 0.3 is 0 Å². The average molecular weight is 213 g/mol. The number of hydrogen-bond acceptors (Lipinski definition) is 4. The van der Waals surface area contributed by atoms with E-state index in [1.54, 1.807) is 18.2 Å². The largest absolute Gasteiger partial charge is 0.399 e. The van der Waals surface area contributed by atoms with Crippen LogP contribution in [-0.4, -0.2) is 26.2 Å². The molecular weight excluding hydrogens is 202 g/mol. The van der Waals surface area contributed by atoms with Gasteiger partial charge < -0.3 is 5.73 Å². The summed E-state index contributed by atoms with van der Waals surface area (Å²) in [6, 6.07) is 6.26. The number of rotatable bonds is 3. The number of carbonyl (C=O) groups excluding carboxylic acids is 1. The van der Waals surface area contributed by atoms with E-state index in [1.165, 1.54) is 6.07 Å². The summed E-state index contributed by atoms with van der Waals surface area (Å²) in [6.45, 7) is 0. The number of Topliss-reactive ketones (excluding diaryl/α,β-unsaturated/α-hetero) is 1. The Morgan fingerprint density at radius 2 is 2.07 bits per heavy atom. The summed E-state index contributed by atoms with van der Waals surface area (Å²) in [7, 11) is -3.27. The minimum absolute atomic E-state index is 0.329. The van der Waals surface area contributed by atoms with Gasteiger partial charge in [-0.15, -0.1) is 0 Å². The van der Waals surface area contributed by atoms with Crippen LogP contribution in [-0.2, 0) is 9.84 Å². The van der Waals surface area contributed by atoms with Gasteiger partial charge in [-0.3, -0.25) is 4.79 Å². The van der Waals surface area contributed by atoms with Crippen LogP contribution in [0.4, 0.5) is 5.69 Å². The molecule has 1 aromatic carbocycles. The maximum Gasteiger partial charge on any atom is 0.177 e. The van der Waals surface area contributed by atoms with Gasteiger partial charge in [0.05, 0.1) is 0 Å². The lowest BCUT2D eigenvalue weighted by atomic mass is 10.1. The normalized spacial score (nSPS) is 11.2. The lowest BCUT2D eigenvalue weighted by molar-refractivity contribution is 0.102. The van der Waals surface area contributed by atoms with Gasteiger partial charge in [-0.25, -0.2) is 8.42 Å². The van der Waals surface area contributed by atoms with Crippen molar-refractivity contribution in [2.24, 2.45) is 0 Å². The highest BCUT2D eigenvalue weighted by atomic mass is 32.2. The van der Waals surface area contributed by atoms with Crippen LogP contribution in [0.25, 0.3) is 0 Å². The number of benzene rings is 1. The summed E-state index contributed by atoms with van der Waals surface area (Å²) in [4.78, 5) is 11.4. The van der Waals surface area contributed by atoms with Gasteiger partial charge in [0, 0.05) is 17.5 Å². The van der Waals surface area contributed by atoms with E-state index in [4.69, 9.17) is 5.73 Å². The van der Waals surface area contributed by atoms with E-state index in [0.29, 0.717) is 11.3 Å². The zero-order chi connectivity index (χ0) is 10.8. The predicted octanol–water partition coefficient (Wildman–Crippen LogP) is 0.496. The van der Waals surface area contributed by atoms with Gasteiger partial charge in [-0.05, 0) is 12.1 Å². The second kappa shape index (κ2) is 3.79. The first-order valence-corrected chi connectivity index (χ1v) is 6.01. The Labute approximate surface area is 82.7 Å². The molecule has 0 bridgehead atoms. The maximum absolute atomic E-state index is 11.4. The van der Waals surface area contributed by atoms with Crippen LogP contribution in [0, 0.1) is 0 Å². The molecule has 14 heavy (non-hydrogen) atoms. The zero-order valence-corrected chi connectivity index (χ0v) is 8.54. The molecule has 0 radical (unpaired) electrons. The second-order valence-corrected chi connectivity index (χ2v) is 5.26. The Morgan fingerprint density at radius 1 is 1.43 bits per heavy atom. The molecule has 0 aliphatic carbocycles. The molecule has 1 rings (SSSR count). The molecular formula is C9H11NO3S. The summed E-state index contributed by atoms with van der Waals surface area (Å²) in [5.41, 5.74) is 6.24. The Balaban J connectivity index is 2.91. The molecule has 0 aliphatic rings. The van der Waals surface area contributed by atoms with Gasteiger partial charge in [-0.2, -0.15) is 0 Å². The van der Waals surface area contributed by atoms with Gasteiger partial charge in [0.25, 0.3) is 0 Å². The number of carbonyl (C=O) groups is 1. The van der Waals surface area contributed by atoms with Crippen molar-refractivity contribution in [3.8, 4) is 0 Å². The lowest BCUT2D eigenvalue weighted by Gasteiger charge is -2.00. The molecule has 5 heteroatoms. The van der Waals surface area contributed by atoms with E-state index < -0.39 is 21.4 Å². The SMILES string of the molecule is CS(=O)(=O)CC(=O)c1cccc(N)c1. The molecule has 2 N–H and O–H groups in total. The number of nitrogen functional groups attached to an aromatic ring is 1. The molecule has 0 spiro atoms. The Kier molecular flexibility index (Phi) is 2.90. The highest BCUT2D eigenvalue weighted by Crippen LogP contribution is 2.08. The number of hydrogen-bond donors (Lipinski definition) is 1. The molecule has 0 amide bonds. The van der Waals surface area contributed by atoms with Crippen LogP contribution in [0.5, 0.6) is 0 Å². The first-order chi connectivity index (χ1) is 6.38. The van der Waals surface area contributed by atoms with Crippen LogP contribution >= 0.6 is 0 Å². The zero-order valence-electron chi connectivity index (χ0n) is 7.73. The summed E-state index contributed by atoms with van der Waals surface area (Å²) >= 11 is 0. The van der Waals surface area contributed by atoms with E-state index >= 15 is 0 Å². The topological polar surface area (TPSA) is 77.2 Å². The summed E-state index contributed by atoms with van der Waals surface area (Å²) in [5, 5.41) is 0. The number of sulfone groups is 1. The van der Waals surface area contributed by atoms with Crippen molar-refractivity contribution in [3.63, 3.8) is 0 Å².